The van der Waals surface area contributed by atoms with Crippen LogP contribution in [-0.2, 0) is 48.2 Å². The number of hydrogen-bond acceptors (Lipinski definition) is 21. The number of benzene rings is 13. The third-order valence-corrected chi connectivity index (χ3v) is 27.3. The number of nitrogens with one attached hydrogen (secondary N) is 3. The first-order valence-electron chi connectivity index (χ1n) is 37.6. The van der Waals surface area contributed by atoms with Crippen molar-refractivity contribution in [2.45, 2.75) is 38.3 Å². The molecule has 13 aromatic rings. The van der Waals surface area contributed by atoms with Crippen molar-refractivity contribution in [1.29, 1.82) is 0 Å². The summed E-state index contributed by atoms with van der Waals surface area (Å²) in [4.78, 5) is 2.31. The summed E-state index contributed by atoms with van der Waals surface area (Å²) in [5.74, 6) is 1.45. The molecular formula is C90H82Br4Cl7N5O20S5. The minimum Gasteiger partial charge on any atom is -0.505 e. The highest BCUT2D eigenvalue weighted by atomic mass is 79.9. The van der Waals surface area contributed by atoms with Gasteiger partial charge in [-0.2, -0.15) is 0 Å². The van der Waals surface area contributed by atoms with Gasteiger partial charge in [0, 0.05) is 47.7 Å². The van der Waals surface area contributed by atoms with Crippen LogP contribution in [0.4, 0.5) is 28.4 Å². The minimum absolute atomic E-state index is 0.0337. The van der Waals surface area contributed by atoms with E-state index < -0.39 is 58.8 Å². The van der Waals surface area contributed by atoms with E-state index in [4.69, 9.17) is 136 Å². The number of nitrogens with two attached hydrogens (primary N) is 1. The van der Waals surface area contributed by atoms with Crippen molar-refractivity contribution in [3.8, 4) is 96.3 Å². The second kappa shape index (κ2) is 51.6. The molecule has 131 heavy (non-hydrogen) atoms. The first kappa shape index (κ1) is 108. The number of hydrogen-bond donors (Lipinski definition) is 6. The zero-order chi connectivity index (χ0) is 98.2. The van der Waals surface area contributed by atoms with E-state index in [-0.39, 0.29) is 79.1 Å². The van der Waals surface area contributed by atoms with Crippen molar-refractivity contribution in [1.82, 2.24) is 0 Å². The number of halogens is 11. The lowest BCUT2D eigenvalue weighted by atomic mass is 10.1. The minimum atomic E-state index is -4.13. The second-order valence-corrected chi connectivity index (χ2v) is 41.1. The molecule has 0 amide bonds. The molecule has 0 atom stereocenters. The molecular weight excluding hydrogens is 2200 g/mol. The molecule has 694 valence electrons. The van der Waals surface area contributed by atoms with Crippen molar-refractivity contribution in [2.24, 2.45) is 0 Å². The van der Waals surface area contributed by atoms with Crippen LogP contribution in [-0.4, -0.2) is 116 Å². The predicted molar refractivity (Wildman–Crippen MR) is 538 cm³/mol. The van der Waals surface area contributed by atoms with Crippen LogP contribution >= 0.6 is 143 Å². The number of aliphatic hydroxyl groups is 1. The van der Waals surface area contributed by atoms with E-state index in [9.17, 15) is 47.2 Å². The predicted octanol–water partition coefficient (Wildman–Crippen LogP) is 25.9. The molecule has 0 saturated carbocycles. The van der Waals surface area contributed by atoms with Crippen LogP contribution in [0, 0.1) is 6.57 Å². The summed E-state index contributed by atoms with van der Waals surface area (Å²) in [5, 5.41) is 16.7. The maximum absolute atomic E-state index is 13.1. The Morgan fingerprint density at radius 3 is 0.847 bits per heavy atom. The number of aliphatic hydroxyl groups excluding tert-OH is 1. The number of aromatic hydroxyl groups is 1. The van der Waals surface area contributed by atoms with E-state index in [0.29, 0.717) is 59.1 Å². The topological polar surface area (TPSA) is 351 Å². The van der Waals surface area contributed by atoms with Gasteiger partial charge in [0.1, 0.15) is 47.5 Å². The van der Waals surface area contributed by atoms with E-state index in [1.54, 1.807) is 62.6 Å². The number of rotatable bonds is 23. The monoisotopic (exact) mass is 2270 g/mol. The maximum Gasteiger partial charge on any atom is 0.265 e. The number of methoxy groups -OCH3 is 8. The Labute approximate surface area is 830 Å². The van der Waals surface area contributed by atoms with Gasteiger partial charge in [-0.3, -0.25) is 14.2 Å². The fourth-order valence-corrected chi connectivity index (χ4v) is 21.9. The third-order valence-electron chi connectivity index (χ3n) is 17.2. The largest absolute Gasteiger partial charge is 0.505 e. The molecule has 0 radical (unpaired) electrons. The molecule has 13 aromatic carbocycles. The average molecular weight is 2280 g/mol. The summed E-state index contributed by atoms with van der Waals surface area (Å²) in [6.45, 7) is 9.46. The number of phenols is 1. The van der Waals surface area contributed by atoms with Crippen LogP contribution in [0.15, 0.2) is 297 Å². The van der Waals surface area contributed by atoms with Crippen molar-refractivity contribution in [3.63, 3.8) is 0 Å². The zero-order valence-electron chi connectivity index (χ0n) is 71.4. The number of nitrogen functional groups attached to an aromatic ring is 1. The van der Waals surface area contributed by atoms with Gasteiger partial charge in [-0.1, -0.05) is 281 Å². The highest BCUT2D eigenvalue weighted by molar-refractivity contribution is 9.11. The molecule has 0 aromatic heterocycles. The van der Waals surface area contributed by atoms with Crippen LogP contribution in [0.5, 0.6) is 51.7 Å². The first-order valence-corrected chi connectivity index (χ1v) is 51.1. The molecule has 0 aliphatic carbocycles. The summed E-state index contributed by atoms with van der Waals surface area (Å²) >= 11 is 42.3. The summed E-state index contributed by atoms with van der Waals surface area (Å²) < 4.78 is 180. The van der Waals surface area contributed by atoms with Crippen LogP contribution in [0.25, 0.3) is 49.4 Å². The average Bonchev–Trinajstić information content (AvgIpc) is 0.789. The van der Waals surface area contributed by atoms with Gasteiger partial charge < -0.3 is 53.8 Å². The van der Waals surface area contributed by atoms with Gasteiger partial charge in [0.05, 0.1) is 111 Å². The van der Waals surface area contributed by atoms with Crippen molar-refractivity contribution in [3.05, 3.63) is 309 Å². The number of anilines is 4. The Morgan fingerprint density at radius 2 is 0.580 bits per heavy atom. The normalized spacial score (nSPS) is 10.9. The fourth-order valence-electron chi connectivity index (χ4n) is 11.5. The third kappa shape index (κ3) is 31.0. The van der Waals surface area contributed by atoms with Crippen molar-refractivity contribution < 1.29 is 91.6 Å². The number of sulfonamides is 3. The molecule has 0 unspecified atom stereocenters. The Morgan fingerprint density at radius 1 is 0.336 bits per heavy atom. The van der Waals surface area contributed by atoms with Gasteiger partial charge in [-0.25, -0.2) is 46.9 Å². The lowest BCUT2D eigenvalue weighted by Gasteiger charge is -2.16. The van der Waals surface area contributed by atoms with Crippen LogP contribution in [0.1, 0.15) is 15.2 Å². The molecule has 7 N–H and O–H groups in total. The summed E-state index contributed by atoms with van der Waals surface area (Å²) in [7, 11) is 2.67. The lowest BCUT2D eigenvalue weighted by molar-refractivity contribution is 0.399. The molecule has 0 saturated heterocycles. The summed E-state index contributed by atoms with van der Waals surface area (Å²) in [6, 6.07) is 74.5. The number of nitrogens with zero attached hydrogens (tertiary/aromatic N) is 1. The number of ether oxygens (including phenoxy) is 8. The van der Waals surface area contributed by atoms with Crippen molar-refractivity contribution >= 4 is 220 Å². The van der Waals surface area contributed by atoms with Gasteiger partial charge in [-0.15, -0.1) is 0 Å². The molecule has 0 bridgehead atoms. The zero-order valence-corrected chi connectivity index (χ0v) is 86.1. The lowest BCUT2D eigenvalue weighted by Crippen LogP contribution is -2.15. The molecule has 25 nitrogen and oxygen atoms in total. The number of phenolic OH excluding ortho intramolecular Hbond substituents is 1. The van der Waals surface area contributed by atoms with Crippen LogP contribution in [0.2, 0.25) is 25.1 Å². The first-order chi connectivity index (χ1) is 62.5. The SMILES string of the molecule is CO.COc1c(Cl)cc(Br)cc1S(=O)(=O)Cl.COc1ccc(-c2ccccc2)cc1N.COc1ccc(-c2ccccc2)cc1NS(=O)(=O)c1cc(Br)cc(Cl)c1OC.COc1ccc(-c2ccccc2)cc1NS(=O)(=O)c1cc(Br)cc(Cl)c1OC.O=S(=O)(Cl)c1cc(Br)cc(Cl)c1O.[2H]CC.[C-]#[N+]c1cc(Cl)c(OC)c(S(=O)(=O)Nc2cc(-c3ccccc3)ccc2OC)c1. The standard InChI is InChI=1S/C21H17ClN2O4S.2C20H17BrClNO4S.C13H13NO.C7H5BrCl2O3S.C6H3BrCl2O3S.C2H6.CH4O/c1-23-16-12-17(22)21(28-3)20(13-16)29(25,26)24-18-11-15(9-10-19(18)27-2)14-7-5-4-6-8-14;2*1-26-18-9-8-14(13-6-4-3-5-7-13)10-17(18)23-28(24,25)19-12-15(21)11-16(22)20(19)27-2;1-15-13-8-7-11(9-12(13)14)10-5-3-2-4-6-10;1-13-7-5(9)2-4(8)3-6(7)14(10,11)12;7-3-1-4(8)6(10)5(2-3)13(9,11)12;2*1-2/h4-13,24H,2-3H3;2*3-12,23H,1-2H3;2-9H,14H2,1H3;2-3H,1H3;1-2,10H;1-2H3;2H,1H3/i;;;;;;1D;. The Bertz CT molecular complexity index is 6640. The Hall–Kier alpha value is -9.59. The molecule has 0 fully saturated rings. The maximum atomic E-state index is 13.1. The molecule has 13 rings (SSSR count). The second-order valence-electron chi connectivity index (χ2n) is 25.4. The molecule has 41 heteroatoms. The molecule has 0 aliphatic rings. The smallest absolute Gasteiger partial charge is 0.265 e. The van der Waals surface area contributed by atoms with Crippen molar-refractivity contribution in [2.75, 3.05) is 83.9 Å². The molecule has 0 aliphatic heterocycles. The summed E-state index contributed by atoms with van der Waals surface area (Å²) in [5.41, 5.74) is 15.1. The van der Waals surface area contributed by atoms with E-state index in [1.807, 2.05) is 146 Å². The fraction of sp³-hybridized carbons (Fsp3) is 0.122. The van der Waals surface area contributed by atoms with Crippen LogP contribution < -0.4 is 57.8 Å². The highest BCUT2D eigenvalue weighted by Gasteiger charge is 2.29. The van der Waals surface area contributed by atoms with Gasteiger partial charge in [0.25, 0.3) is 48.2 Å². The van der Waals surface area contributed by atoms with Gasteiger partial charge in [0.15, 0.2) is 34.4 Å². The highest BCUT2D eigenvalue weighted by Crippen LogP contribution is 2.45. The molecule has 0 heterocycles. The van der Waals surface area contributed by atoms with Gasteiger partial charge in [0.2, 0.25) is 0 Å². The summed E-state index contributed by atoms with van der Waals surface area (Å²) in [6.07, 6.45) is 0. The Kier molecular flexibility index (Phi) is 42.7. The van der Waals surface area contributed by atoms with Gasteiger partial charge >= 0.3 is 0 Å². The molecule has 0 spiro atoms. The van der Waals surface area contributed by atoms with Gasteiger partial charge in [-0.05, 0) is 154 Å². The van der Waals surface area contributed by atoms with E-state index in [2.05, 4.69) is 94.9 Å². The van der Waals surface area contributed by atoms with E-state index in [0.717, 1.165) is 57.4 Å². The Balaban J connectivity index is 0.000000248. The van der Waals surface area contributed by atoms with E-state index in [1.165, 1.54) is 98.3 Å². The van der Waals surface area contributed by atoms with E-state index >= 15 is 0 Å². The quantitative estimate of drug-likeness (QED) is 0.0197. The van der Waals surface area contributed by atoms with Crippen LogP contribution in [0.3, 0.4) is 0 Å².